The van der Waals surface area contributed by atoms with Crippen LogP contribution in [0.25, 0.3) is 0 Å². The zero-order valence-corrected chi connectivity index (χ0v) is 13.0. The van der Waals surface area contributed by atoms with Gasteiger partial charge in [-0.15, -0.1) is 0 Å². The van der Waals surface area contributed by atoms with E-state index in [-0.39, 0.29) is 22.1 Å². The molecule has 0 atom stereocenters. The van der Waals surface area contributed by atoms with Gasteiger partial charge >= 0.3 is 11.8 Å². The van der Waals surface area contributed by atoms with Gasteiger partial charge in [0, 0.05) is 29.6 Å². The molecule has 2 amide bonds. The lowest BCUT2D eigenvalue weighted by Gasteiger charge is -2.07. The van der Waals surface area contributed by atoms with Crippen molar-refractivity contribution in [1.82, 2.24) is 0 Å². The molecule has 128 valence electrons. The fourth-order valence-corrected chi connectivity index (χ4v) is 1.96. The second-order valence-corrected chi connectivity index (χ2v) is 5.04. The van der Waals surface area contributed by atoms with Crippen LogP contribution in [0.15, 0.2) is 42.5 Å². The van der Waals surface area contributed by atoms with Crippen molar-refractivity contribution in [2.45, 2.75) is 0 Å². The highest BCUT2D eigenvalue weighted by atomic mass is 35.5. The van der Waals surface area contributed by atoms with Gasteiger partial charge in [0.2, 0.25) is 0 Å². The molecule has 0 saturated carbocycles. The first-order valence-corrected chi connectivity index (χ1v) is 6.96. The number of halogens is 1. The molecular weight excluding hydrogens is 356 g/mol. The van der Waals surface area contributed by atoms with E-state index in [1.54, 1.807) is 0 Å². The number of anilines is 2. The van der Waals surface area contributed by atoms with E-state index in [1.165, 1.54) is 24.3 Å². The number of carbonyl (C=O) groups excluding carboxylic acids is 2. The van der Waals surface area contributed by atoms with Crippen molar-refractivity contribution >= 4 is 46.2 Å². The predicted octanol–water partition coefficient (Wildman–Crippen LogP) is 2.73. The topological polar surface area (TPSA) is 144 Å². The van der Waals surface area contributed by atoms with E-state index in [0.717, 1.165) is 18.2 Å². The van der Waals surface area contributed by atoms with E-state index < -0.39 is 27.3 Å². The number of nitrogens with zero attached hydrogens (tertiary/aromatic N) is 2. The van der Waals surface area contributed by atoms with Crippen LogP contribution < -0.4 is 10.6 Å². The molecule has 0 bridgehead atoms. The lowest BCUT2D eigenvalue weighted by atomic mass is 10.2. The average molecular weight is 365 g/mol. The maximum absolute atomic E-state index is 11.8. The van der Waals surface area contributed by atoms with Crippen LogP contribution in [-0.2, 0) is 9.59 Å². The minimum absolute atomic E-state index is 0.0138. The van der Waals surface area contributed by atoms with Crippen molar-refractivity contribution in [2.75, 3.05) is 10.6 Å². The Morgan fingerprint density at radius 3 is 1.88 bits per heavy atom. The maximum atomic E-state index is 11.8. The quantitative estimate of drug-likeness (QED) is 0.484. The zero-order chi connectivity index (χ0) is 18.6. The summed E-state index contributed by atoms with van der Waals surface area (Å²) in [5.74, 6) is -2.12. The van der Waals surface area contributed by atoms with E-state index in [0.29, 0.717) is 0 Å². The normalized spacial score (nSPS) is 9.96. The Bertz CT molecular complexity index is 868. The van der Waals surface area contributed by atoms with Crippen molar-refractivity contribution < 1.29 is 19.4 Å². The predicted molar refractivity (Wildman–Crippen MR) is 88.5 cm³/mol. The van der Waals surface area contributed by atoms with Gasteiger partial charge in [0.1, 0.15) is 5.02 Å². The minimum atomic E-state index is -1.07. The molecule has 25 heavy (non-hydrogen) atoms. The highest BCUT2D eigenvalue weighted by molar-refractivity contribution is 6.43. The number of hydrogen-bond acceptors (Lipinski definition) is 6. The summed E-state index contributed by atoms with van der Waals surface area (Å²) in [6.45, 7) is 0. The Morgan fingerprint density at radius 2 is 1.36 bits per heavy atom. The summed E-state index contributed by atoms with van der Waals surface area (Å²) in [6.07, 6.45) is 0. The van der Waals surface area contributed by atoms with Gasteiger partial charge < -0.3 is 10.6 Å². The van der Waals surface area contributed by atoms with Crippen LogP contribution in [0.1, 0.15) is 0 Å². The number of carbonyl (C=O) groups is 2. The summed E-state index contributed by atoms with van der Waals surface area (Å²) in [7, 11) is 0. The largest absolute Gasteiger partial charge is 0.318 e. The van der Waals surface area contributed by atoms with Gasteiger partial charge in [-0.25, -0.2) is 0 Å². The van der Waals surface area contributed by atoms with Crippen LogP contribution in [0, 0.1) is 20.2 Å². The third-order valence-electron chi connectivity index (χ3n) is 2.94. The first-order valence-electron chi connectivity index (χ1n) is 6.58. The number of rotatable bonds is 4. The van der Waals surface area contributed by atoms with E-state index in [4.69, 9.17) is 11.6 Å². The SMILES string of the molecule is O=C(Nc1ccc([N+](=O)[O-])cc1)C(=O)Nc1ccc(Cl)c([N+](=O)[O-])c1. The fourth-order valence-electron chi connectivity index (χ4n) is 1.77. The van der Waals surface area contributed by atoms with Gasteiger partial charge in [0.15, 0.2) is 0 Å². The first-order chi connectivity index (χ1) is 11.8. The number of benzene rings is 2. The van der Waals surface area contributed by atoms with Crippen molar-refractivity contribution in [2.24, 2.45) is 0 Å². The lowest BCUT2D eigenvalue weighted by Crippen LogP contribution is -2.29. The van der Waals surface area contributed by atoms with Crippen LogP contribution in [0.3, 0.4) is 0 Å². The summed E-state index contributed by atoms with van der Waals surface area (Å²) in [5.41, 5.74) is -0.404. The molecule has 2 rings (SSSR count). The minimum Gasteiger partial charge on any atom is -0.318 e. The first kappa shape index (κ1) is 17.8. The fraction of sp³-hybridized carbons (Fsp3) is 0. The molecule has 0 radical (unpaired) electrons. The van der Waals surface area contributed by atoms with E-state index in [9.17, 15) is 29.8 Å². The van der Waals surface area contributed by atoms with Gasteiger partial charge in [0.05, 0.1) is 9.85 Å². The molecule has 0 aliphatic heterocycles. The molecule has 0 heterocycles. The van der Waals surface area contributed by atoms with Crippen LogP contribution in [0.5, 0.6) is 0 Å². The average Bonchev–Trinajstić information content (AvgIpc) is 2.56. The Kier molecular flexibility index (Phi) is 5.25. The molecule has 2 aromatic carbocycles. The van der Waals surface area contributed by atoms with Crippen molar-refractivity contribution in [3.63, 3.8) is 0 Å². The Morgan fingerprint density at radius 1 is 0.840 bits per heavy atom. The highest BCUT2D eigenvalue weighted by Crippen LogP contribution is 2.27. The Balaban J connectivity index is 2.05. The summed E-state index contributed by atoms with van der Waals surface area (Å²) >= 11 is 5.65. The van der Waals surface area contributed by atoms with Crippen LogP contribution >= 0.6 is 11.6 Å². The van der Waals surface area contributed by atoms with E-state index in [2.05, 4.69) is 10.6 Å². The molecule has 2 aromatic rings. The van der Waals surface area contributed by atoms with Gasteiger partial charge in [0.25, 0.3) is 11.4 Å². The Hall–Kier alpha value is -3.53. The number of amides is 2. The van der Waals surface area contributed by atoms with Crippen LogP contribution in [0.4, 0.5) is 22.7 Å². The zero-order valence-electron chi connectivity index (χ0n) is 12.3. The third kappa shape index (κ3) is 4.48. The number of non-ortho nitro benzene ring substituents is 1. The third-order valence-corrected chi connectivity index (χ3v) is 3.26. The summed E-state index contributed by atoms with van der Waals surface area (Å²) < 4.78 is 0. The van der Waals surface area contributed by atoms with Crippen molar-refractivity contribution in [3.05, 3.63) is 67.7 Å². The number of nitro groups is 2. The molecule has 0 saturated heterocycles. The summed E-state index contributed by atoms with van der Waals surface area (Å²) in [6, 6.07) is 8.37. The molecule has 0 aliphatic carbocycles. The van der Waals surface area contributed by atoms with E-state index in [1.807, 2.05) is 0 Å². The second kappa shape index (κ2) is 7.36. The highest BCUT2D eigenvalue weighted by Gasteiger charge is 2.18. The molecule has 0 fully saturated rings. The smallest absolute Gasteiger partial charge is 0.314 e. The molecule has 0 unspecified atom stereocenters. The molecule has 10 nitrogen and oxygen atoms in total. The molecular formula is C14H9ClN4O6. The molecule has 2 N–H and O–H groups in total. The van der Waals surface area contributed by atoms with E-state index >= 15 is 0 Å². The van der Waals surface area contributed by atoms with Gasteiger partial charge in [-0.1, -0.05) is 11.6 Å². The van der Waals surface area contributed by atoms with Gasteiger partial charge in [-0.2, -0.15) is 0 Å². The van der Waals surface area contributed by atoms with Gasteiger partial charge in [-0.05, 0) is 24.3 Å². The Labute approximate surface area is 144 Å². The van der Waals surface area contributed by atoms with Gasteiger partial charge in [-0.3, -0.25) is 29.8 Å². The maximum Gasteiger partial charge on any atom is 0.314 e. The molecule has 11 heteroatoms. The molecule has 0 spiro atoms. The summed E-state index contributed by atoms with van der Waals surface area (Å²) in [4.78, 5) is 43.6. The standard InChI is InChI=1S/C14H9ClN4O6/c15-11-6-3-9(7-12(11)19(24)25)17-14(21)13(20)16-8-1-4-10(5-2-8)18(22)23/h1-7H,(H,16,20)(H,17,21). The monoisotopic (exact) mass is 364 g/mol. The second-order valence-electron chi connectivity index (χ2n) is 4.64. The van der Waals surface area contributed by atoms with Crippen LogP contribution in [0.2, 0.25) is 5.02 Å². The van der Waals surface area contributed by atoms with Crippen molar-refractivity contribution in [3.8, 4) is 0 Å². The number of hydrogen-bond donors (Lipinski definition) is 2. The van der Waals surface area contributed by atoms with Crippen molar-refractivity contribution in [1.29, 1.82) is 0 Å². The number of nitrogens with one attached hydrogen (secondary N) is 2. The molecule has 0 aliphatic rings. The lowest BCUT2D eigenvalue weighted by molar-refractivity contribution is -0.384. The number of nitro benzene ring substituents is 2. The van der Waals surface area contributed by atoms with Crippen LogP contribution in [-0.4, -0.2) is 21.7 Å². The molecule has 0 aromatic heterocycles. The summed E-state index contributed by atoms with van der Waals surface area (Å²) in [5, 5.41) is 25.7.